The van der Waals surface area contributed by atoms with Crippen LogP contribution in [-0.4, -0.2) is 115 Å². The van der Waals surface area contributed by atoms with Crippen molar-refractivity contribution in [3.8, 4) is 0 Å². The zero-order valence-corrected chi connectivity index (χ0v) is 44.5. The smallest absolute Gasteiger partial charge is 0.582 e. The molecule has 0 amide bonds. The highest BCUT2D eigenvalue weighted by atomic mass is 32.2. The quantitative estimate of drug-likeness (QED) is 0.0748. The fraction of sp³-hybridized carbons (Fsp3) is 0.273. The fourth-order valence-electron chi connectivity index (χ4n) is 8.76. The monoisotopic (exact) mass is 1060 g/mol. The molecule has 0 saturated heterocycles. The number of aromatic nitrogens is 2. The summed E-state index contributed by atoms with van der Waals surface area (Å²) in [6, 6.07) is 25.9. The van der Waals surface area contributed by atoms with Crippen molar-refractivity contribution in [2.75, 3.05) is 23.0 Å². The standard InChI is InChI=1S/C44H46N8O10S4Si3/c1-67(2,3)61-69(62-68(4,5)6)51-41-32-15-9-10-16-33(32)42(51)48-39-31-19-17-27(63(53)21-11-23-65(55,56)57)25-35(31)40(46-39)50-43-34-20-18-28(64(54)22-12-24-66(58,59)60)26-36(34)44(52(43)69)49-38-30-14-8-7-13-29(30)37(45-38)47-41/h7-10,13-20,25-26H,11-12,21-24H2,1-6H3,(H,55,56,57)(H,58,59,60)/b47-37-,47-41?,48-39-,48-42?,49-38?,49-44-,50-40?,50-43-. The van der Waals surface area contributed by atoms with Gasteiger partial charge in [-0.1, -0.05) is 48.5 Å². The van der Waals surface area contributed by atoms with E-state index in [2.05, 4.69) is 39.3 Å². The van der Waals surface area contributed by atoms with Crippen LogP contribution in [0.2, 0.25) is 39.3 Å². The summed E-state index contributed by atoms with van der Waals surface area (Å²) in [4.78, 5) is 32.8. The van der Waals surface area contributed by atoms with Gasteiger partial charge in [-0.2, -0.15) is 16.8 Å². The maximum atomic E-state index is 14.1. The average molecular weight is 1060 g/mol. The summed E-state index contributed by atoms with van der Waals surface area (Å²) in [6.07, 6.45) is -0.0866. The number of benzene rings is 4. The van der Waals surface area contributed by atoms with Crippen LogP contribution in [0.4, 0.5) is 11.6 Å². The number of hydrogen-bond donors (Lipinski definition) is 2. The highest BCUT2D eigenvalue weighted by Gasteiger charge is 2.56. The van der Waals surface area contributed by atoms with E-state index in [4.69, 9.17) is 38.2 Å². The van der Waals surface area contributed by atoms with Gasteiger partial charge in [0.2, 0.25) is 0 Å². The maximum absolute atomic E-state index is 14.1. The van der Waals surface area contributed by atoms with E-state index >= 15 is 0 Å². The van der Waals surface area contributed by atoms with Crippen LogP contribution in [0, 0.1) is 0 Å². The van der Waals surface area contributed by atoms with Gasteiger partial charge in [-0.05, 0) is 85.9 Å². The molecular formula is C44H46N8O10S4Si3. The molecule has 69 heavy (non-hydrogen) atoms. The Morgan fingerprint density at radius 3 is 1.48 bits per heavy atom. The van der Waals surface area contributed by atoms with Crippen molar-refractivity contribution in [2.45, 2.75) is 61.9 Å². The van der Waals surface area contributed by atoms with Gasteiger partial charge in [0, 0.05) is 68.8 Å². The lowest BCUT2D eigenvalue weighted by atomic mass is 10.1. The molecule has 6 aromatic rings. The van der Waals surface area contributed by atoms with E-state index in [-0.39, 0.29) is 30.2 Å². The number of fused-ring (bicyclic) bond motifs is 14. The number of nitrogens with zero attached hydrogens (tertiary/aromatic N) is 8. The molecule has 2 unspecified atom stereocenters. The van der Waals surface area contributed by atoms with E-state index in [9.17, 15) is 35.0 Å². The second-order valence-corrected chi connectivity index (χ2v) is 37.2. The molecule has 18 nitrogen and oxygen atoms in total. The zero-order chi connectivity index (χ0) is 49.0. The summed E-state index contributed by atoms with van der Waals surface area (Å²) in [5.74, 6) is 1.00. The molecule has 0 saturated carbocycles. The van der Waals surface area contributed by atoms with E-state index in [1.807, 2.05) is 57.0 Å². The third kappa shape index (κ3) is 9.13. The molecule has 0 spiro atoms. The Morgan fingerprint density at radius 2 is 0.971 bits per heavy atom. The van der Waals surface area contributed by atoms with Crippen molar-refractivity contribution in [1.82, 2.24) is 8.47 Å². The Labute approximate surface area is 406 Å². The Kier molecular flexibility index (Phi) is 12.0. The highest BCUT2D eigenvalue weighted by molar-refractivity contribution is 7.92. The predicted octanol–water partition coefficient (Wildman–Crippen LogP) is 5.85. The predicted molar refractivity (Wildman–Crippen MR) is 275 cm³/mol. The first kappa shape index (κ1) is 47.9. The molecule has 0 fully saturated rings. The van der Waals surface area contributed by atoms with Crippen LogP contribution in [0.25, 0.3) is 21.5 Å². The van der Waals surface area contributed by atoms with Crippen molar-refractivity contribution >= 4 is 125 Å². The van der Waals surface area contributed by atoms with Crippen molar-refractivity contribution in [3.63, 3.8) is 0 Å². The SMILES string of the molecule is C[Si](C)(C)O[Si]1(O[Si](C)(C)C)n2c3c4ccccc4c2/N=C2N=C(/N=c4/c5cc([S+]([O-])CCCS(=O)(=O)O)ccc5/c(n41)=N/C1=NC(=N\3)/c3ccc([S+]([O-])CCCS(=O)(=O)O)cc31)c1ccccc1\2. The minimum absolute atomic E-state index is 0.0327. The molecule has 2 N–H and O–H groups in total. The summed E-state index contributed by atoms with van der Waals surface area (Å²) < 4.78 is 113. The van der Waals surface area contributed by atoms with Gasteiger partial charge in [-0.15, -0.1) is 0 Å². The molecule has 358 valence electrons. The fourth-order valence-corrected chi connectivity index (χ4v) is 22.7. The zero-order valence-electron chi connectivity index (χ0n) is 38.2. The molecule has 0 aliphatic carbocycles. The van der Waals surface area contributed by atoms with E-state index < -0.39 is 79.6 Å². The van der Waals surface area contributed by atoms with Crippen molar-refractivity contribution in [3.05, 3.63) is 118 Å². The molecule has 25 heteroatoms. The third-order valence-corrected chi connectivity index (χ3v) is 24.8. The first-order valence-electron chi connectivity index (χ1n) is 21.9. The number of aliphatic imine (C=N–C) groups is 4. The number of rotatable bonds is 14. The Morgan fingerprint density at radius 1 is 0.536 bits per heavy atom. The van der Waals surface area contributed by atoms with Crippen LogP contribution in [0.5, 0.6) is 0 Å². The summed E-state index contributed by atoms with van der Waals surface area (Å²) >= 11 is -3.41. The van der Waals surface area contributed by atoms with Crippen LogP contribution >= 0.6 is 0 Å². The molecule has 6 bridgehead atoms. The molecule has 6 heterocycles. The normalized spacial score (nSPS) is 19.4. The molecule has 4 aliphatic heterocycles. The second kappa shape index (κ2) is 17.2. The van der Waals surface area contributed by atoms with E-state index in [0.29, 0.717) is 82.8 Å². The van der Waals surface area contributed by atoms with E-state index in [1.54, 1.807) is 36.4 Å². The number of amidine groups is 4. The van der Waals surface area contributed by atoms with Gasteiger partial charge in [0.15, 0.2) is 49.8 Å². The largest absolute Gasteiger partial charge is 0.611 e. The van der Waals surface area contributed by atoms with E-state index in [1.165, 1.54) is 0 Å². The molecule has 0 radical (unpaired) electrons. The van der Waals surface area contributed by atoms with E-state index in [0.717, 1.165) is 10.9 Å². The lowest BCUT2D eigenvalue weighted by Gasteiger charge is -2.41. The minimum atomic E-state index is -4.47. The molecule has 4 aliphatic rings. The Bertz CT molecular complexity index is 3660. The van der Waals surface area contributed by atoms with Gasteiger partial charge in [-0.25, -0.2) is 30.0 Å². The summed E-state index contributed by atoms with van der Waals surface area (Å²) in [7, 11) is -18.6. The van der Waals surface area contributed by atoms with Crippen LogP contribution in [-0.2, 0) is 50.8 Å². The lowest BCUT2D eigenvalue weighted by molar-refractivity contribution is 0.340. The van der Waals surface area contributed by atoms with Crippen LogP contribution in [0.15, 0.2) is 125 Å². The minimum Gasteiger partial charge on any atom is -0.611 e. The molecule has 2 atom stereocenters. The Hall–Kier alpha value is -4.75. The third-order valence-electron chi connectivity index (χ3n) is 11.3. The van der Waals surface area contributed by atoms with Crippen LogP contribution in [0.1, 0.15) is 35.1 Å². The van der Waals surface area contributed by atoms with Crippen LogP contribution < -0.4 is 11.0 Å². The summed E-state index contributed by atoms with van der Waals surface area (Å²) in [6.45, 7) is 12.5. The molecule has 2 aromatic heterocycles. The van der Waals surface area contributed by atoms with Gasteiger partial charge < -0.3 is 17.3 Å². The van der Waals surface area contributed by atoms with Gasteiger partial charge in [0.25, 0.3) is 20.2 Å². The van der Waals surface area contributed by atoms with Crippen molar-refractivity contribution < 1.29 is 43.3 Å². The summed E-state index contributed by atoms with van der Waals surface area (Å²) in [5.41, 5.74) is 3.20. The Balaban J connectivity index is 1.38. The molecular weight excluding hydrogens is 1010 g/mol. The first-order chi connectivity index (χ1) is 32.5. The van der Waals surface area contributed by atoms with Gasteiger partial charge in [0.1, 0.15) is 34.1 Å². The van der Waals surface area contributed by atoms with Crippen molar-refractivity contribution in [2.24, 2.45) is 30.0 Å². The summed E-state index contributed by atoms with van der Waals surface area (Å²) in [5, 5.41) is 2.50. The topological polar surface area (TPSA) is 257 Å². The number of hydrogen-bond acceptors (Lipinski definition) is 14. The van der Waals surface area contributed by atoms with Gasteiger partial charge >= 0.3 is 8.88 Å². The maximum Gasteiger partial charge on any atom is 0.582 e. The van der Waals surface area contributed by atoms with Crippen LogP contribution in [0.3, 0.4) is 0 Å². The first-order valence-corrected chi connectivity index (χ1v) is 36.3. The lowest BCUT2D eigenvalue weighted by Crippen LogP contribution is -2.69. The average Bonchev–Trinajstić information content (AvgIpc) is 3.97. The highest BCUT2D eigenvalue weighted by Crippen LogP contribution is 2.45. The second-order valence-electron chi connectivity index (χ2n) is 18.8. The van der Waals surface area contributed by atoms with Gasteiger partial charge in [-0.3, -0.25) is 17.6 Å². The molecule has 10 rings (SSSR count). The van der Waals surface area contributed by atoms with Gasteiger partial charge in [0.05, 0.1) is 11.5 Å². The molecule has 4 aromatic carbocycles. The van der Waals surface area contributed by atoms with Crippen molar-refractivity contribution in [1.29, 1.82) is 0 Å².